The lowest BCUT2D eigenvalue weighted by atomic mass is 10.1. The summed E-state index contributed by atoms with van der Waals surface area (Å²) in [5.41, 5.74) is 9.67. The molecule has 0 aliphatic rings. The Morgan fingerprint density at radius 3 is 2.79 bits per heavy atom. The lowest BCUT2D eigenvalue weighted by Crippen LogP contribution is -2.11. The van der Waals surface area contributed by atoms with E-state index in [4.69, 9.17) is 5.73 Å². The fourth-order valence-corrected chi connectivity index (χ4v) is 3.58. The van der Waals surface area contributed by atoms with Crippen LogP contribution >= 0.6 is 22.7 Å². The number of nitrogens with two attached hydrogens (primary N) is 1. The van der Waals surface area contributed by atoms with Crippen molar-refractivity contribution in [2.24, 2.45) is 5.73 Å². The van der Waals surface area contributed by atoms with Crippen molar-refractivity contribution in [2.45, 2.75) is 13.0 Å². The first-order chi connectivity index (χ1) is 9.24. The second-order valence-electron chi connectivity index (χ2n) is 4.44. The SMILES string of the molecule is Cc1cccc(C(N)c2nc(-c3cccs3)cs2)c1. The van der Waals surface area contributed by atoms with Crippen LogP contribution in [-0.2, 0) is 0 Å². The summed E-state index contributed by atoms with van der Waals surface area (Å²) in [6.45, 7) is 2.08. The Labute approximate surface area is 120 Å². The Bertz CT molecular complexity index is 671. The average molecular weight is 286 g/mol. The summed E-state index contributed by atoms with van der Waals surface area (Å²) in [5.74, 6) is 0. The number of rotatable bonds is 3. The zero-order valence-electron chi connectivity index (χ0n) is 10.5. The Morgan fingerprint density at radius 1 is 1.16 bits per heavy atom. The molecule has 0 radical (unpaired) electrons. The van der Waals surface area contributed by atoms with E-state index in [-0.39, 0.29) is 6.04 Å². The number of hydrogen-bond donors (Lipinski definition) is 1. The molecule has 19 heavy (non-hydrogen) atoms. The molecule has 1 atom stereocenters. The van der Waals surface area contributed by atoms with Gasteiger partial charge in [0.05, 0.1) is 16.6 Å². The van der Waals surface area contributed by atoms with Crippen molar-refractivity contribution in [1.29, 1.82) is 0 Å². The van der Waals surface area contributed by atoms with Gasteiger partial charge in [0.15, 0.2) is 0 Å². The molecule has 3 rings (SSSR count). The fraction of sp³-hybridized carbons (Fsp3) is 0.133. The highest BCUT2D eigenvalue weighted by Crippen LogP contribution is 2.30. The average Bonchev–Trinajstić information content (AvgIpc) is 3.08. The van der Waals surface area contributed by atoms with Crippen LogP contribution < -0.4 is 5.73 Å². The van der Waals surface area contributed by atoms with Gasteiger partial charge in [-0.1, -0.05) is 35.9 Å². The summed E-state index contributed by atoms with van der Waals surface area (Å²) in [6, 6.07) is 12.3. The van der Waals surface area contributed by atoms with Crippen LogP contribution in [0.15, 0.2) is 47.2 Å². The third kappa shape index (κ3) is 2.61. The van der Waals surface area contributed by atoms with Gasteiger partial charge in [-0.2, -0.15) is 0 Å². The number of nitrogens with zero attached hydrogens (tertiary/aromatic N) is 1. The minimum absolute atomic E-state index is 0.140. The normalized spacial score (nSPS) is 12.5. The standard InChI is InChI=1S/C15H14N2S2/c1-10-4-2-5-11(8-10)14(16)15-17-12(9-19-15)13-6-3-7-18-13/h2-9,14H,16H2,1H3. The van der Waals surface area contributed by atoms with E-state index >= 15 is 0 Å². The number of thiophene rings is 1. The summed E-state index contributed by atoms with van der Waals surface area (Å²) in [7, 11) is 0. The molecule has 1 unspecified atom stereocenters. The number of aromatic nitrogens is 1. The first-order valence-electron chi connectivity index (χ1n) is 6.05. The first-order valence-corrected chi connectivity index (χ1v) is 7.81. The molecular formula is C15H14N2S2. The van der Waals surface area contributed by atoms with Crippen molar-refractivity contribution in [1.82, 2.24) is 4.98 Å². The van der Waals surface area contributed by atoms with Gasteiger partial charge >= 0.3 is 0 Å². The molecule has 1 aromatic carbocycles. The van der Waals surface area contributed by atoms with Gasteiger partial charge in [0, 0.05) is 5.38 Å². The molecule has 2 nitrogen and oxygen atoms in total. The summed E-state index contributed by atoms with van der Waals surface area (Å²) in [6.07, 6.45) is 0. The van der Waals surface area contributed by atoms with Crippen LogP contribution in [-0.4, -0.2) is 4.98 Å². The van der Waals surface area contributed by atoms with Crippen LogP contribution in [0.2, 0.25) is 0 Å². The lowest BCUT2D eigenvalue weighted by molar-refractivity contribution is 0.857. The van der Waals surface area contributed by atoms with E-state index in [0.717, 1.165) is 16.3 Å². The van der Waals surface area contributed by atoms with Crippen LogP contribution in [0.5, 0.6) is 0 Å². The van der Waals surface area contributed by atoms with Gasteiger partial charge in [-0.25, -0.2) is 4.98 Å². The van der Waals surface area contributed by atoms with Crippen molar-refractivity contribution in [3.63, 3.8) is 0 Å². The number of thiazole rings is 1. The molecule has 0 saturated carbocycles. The summed E-state index contributed by atoms with van der Waals surface area (Å²) in [5, 5.41) is 5.11. The first kappa shape index (κ1) is 12.5. The predicted molar refractivity (Wildman–Crippen MR) is 82.6 cm³/mol. The van der Waals surface area contributed by atoms with Crippen LogP contribution in [0.1, 0.15) is 22.2 Å². The number of benzene rings is 1. The topological polar surface area (TPSA) is 38.9 Å². The van der Waals surface area contributed by atoms with E-state index < -0.39 is 0 Å². The van der Waals surface area contributed by atoms with Gasteiger partial charge in [-0.05, 0) is 23.9 Å². The monoisotopic (exact) mass is 286 g/mol. The maximum Gasteiger partial charge on any atom is 0.115 e. The highest BCUT2D eigenvalue weighted by molar-refractivity contribution is 7.14. The molecule has 0 amide bonds. The highest BCUT2D eigenvalue weighted by atomic mass is 32.1. The van der Waals surface area contributed by atoms with E-state index in [1.165, 1.54) is 10.4 Å². The van der Waals surface area contributed by atoms with Crippen molar-refractivity contribution >= 4 is 22.7 Å². The predicted octanol–water partition coefficient (Wildman–Crippen LogP) is 4.23. The molecule has 0 aliphatic heterocycles. The molecule has 0 fully saturated rings. The number of hydrogen-bond acceptors (Lipinski definition) is 4. The van der Waals surface area contributed by atoms with E-state index in [0.29, 0.717) is 0 Å². The zero-order valence-corrected chi connectivity index (χ0v) is 12.2. The largest absolute Gasteiger partial charge is 0.318 e. The molecule has 2 N–H and O–H groups in total. The van der Waals surface area contributed by atoms with Gasteiger partial charge < -0.3 is 5.73 Å². The Morgan fingerprint density at radius 2 is 2.05 bits per heavy atom. The molecule has 2 heterocycles. The zero-order chi connectivity index (χ0) is 13.2. The molecule has 4 heteroatoms. The smallest absolute Gasteiger partial charge is 0.115 e. The molecule has 0 spiro atoms. The second kappa shape index (κ2) is 5.25. The fourth-order valence-electron chi connectivity index (χ4n) is 1.97. The van der Waals surface area contributed by atoms with Crippen molar-refractivity contribution in [3.05, 3.63) is 63.3 Å². The second-order valence-corrected chi connectivity index (χ2v) is 6.28. The van der Waals surface area contributed by atoms with E-state index in [1.54, 1.807) is 22.7 Å². The van der Waals surface area contributed by atoms with Crippen LogP contribution in [0, 0.1) is 6.92 Å². The third-order valence-electron chi connectivity index (χ3n) is 2.96. The molecule has 0 saturated heterocycles. The summed E-state index contributed by atoms with van der Waals surface area (Å²) < 4.78 is 0. The van der Waals surface area contributed by atoms with Gasteiger partial charge in [0.1, 0.15) is 5.01 Å². The molecule has 2 aromatic heterocycles. The van der Waals surface area contributed by atoms with Crippen molar-refractivity contribution in [3.8, 4) is 10.6 Å². The summed E-state index contributed by atoms with van der Waals surface area (Å²) in [4.78, 5) is 5.86. The maximum absolute atomic E-state index is 6.30. The van der Waals surface area contributed by atoms with Crippen LogP contribution in [0.25, 0.3) is 10.6 Å². The molecule has 0 bridgehead atoms. The van der Waals surface area contributed by atoms with E-state index in [9.17, 15) is 0 Å². The maximum atomic E-state index is 6.30. The lowest BCUT2D eigenvalue weighted by Gasteiger charge is -2.09. The third-order valence-corrected chi connectivity index (χ3v) is 4.78. The van der Waals surface area contributed by atoms with Gasteiger partial charge in [0.25, 0.3) is 0 Å². The summed E-state index contributed by atoms with van der Waals surface area (Å²) >= 11 is 3.33. The van der Waals surface area contributed by atoms with E-state index in [2.05, 4.69) is 46.9 Å². The van der Waals surface area contributed by atoms with Gasteiger partial charge in [-0.3, -0.25) is 0 Å². The number of aryl methyl sites for hydroxylation is 1. The van der Waals surface area contributed by atoms with Crippen LogP contribution in [0.3, 0.4) is 0 Å². The Hall–Kier alpha value is -1.49. The minimum Gasteiger partial charge on any atom is -0.318 e. The molecule has 0 aliphatic carbocycles. The van der Waals surface area contributed by atoms with Gasteiger partial charge in [-0.15, -0.1) is 22.7 Å². The Kier molecular flexibility index (Phi) is 3.46. The quantitative estimate of drug-likeness (QED) is 0.782. The molecule has 3 aromatic rings. The minimum atomic E-state index is -0.140. The highest BCUT2D eigenvalue weighted by Gasteiger charge is 2.14. The van der Waals surface area contributed by atoms with Crippen molar-refractivity contribution < 1.29 is 0 Å². The molecular weight excluding hydrogens is 272 g/mol. The van der Waals surface area contributed by atoms with Crippen LogP contribution in [0.4, 0.5) is 0 Å². The van der Waals surface area contributed by atoms with Gasteiger partial charge in [0.2, 0.25) is 0 Å². The Balaban J connectivity index is 1.90. The molecule has 96 valence electrons. The van der Waals surface area contributed by atoms with Crippen molar-refractivity contribution in [2.75, 3.05) is 0 Å². The van der Waals surface area contributed by atoms with E-state index in [1.807, 2.05) is 12.1 Å².